The van der Waals surface area contributed by atoms with Crippen LogP contribution in [0.4, 0.5) is 4.39 Å². The molecule has 88 valence electrons. The van der Waals surface area contributed by atoms with E-state index in [9.17, 15) is 8.94 Å². The molecule has 0 saturated heterocycles. The summed E-state index contributed by atoms with van der Waals surface area (Å²) in [5, 5.41) is 0.0640. The maximum Gasteiger partial charge on any atom is 0.144 e. The molecule has 1 aromatic carbocycles. The Labute approximate surface area is 103 Å². The molecule has 2 nitrogen and oxygen atoms in total. The van der Waals surface area contributed by atoms with E-state index in [1.54, 1.807) is 6.07 Å². The zero-order valence-electron chi connectivity index (χ0n) is 9.33. The van der Waals surface area contributed by atoms with E-state index in [0.29, 0.717) is 5.56 Å². The van der Waals surface area contributed by atoms with Crippen LogP contribution in [0.15, 0.2) is 22.6 Å². The second kappa shape index (κ2) is 5.17. The lowest BCUT2D eigenvalue weighted by molar-refractivity contribution is 0.562. The minimum absolute atomic E-state index is 0.0640. The number of halogens is 2. The summed E-state index contributed by atoms with van der Waals surface area (Å²) >= 11 is 4.20. The first-order valence-corrected chi connectivity index (χ1v) is 6.20. The minimum atomic E-state index is -1.34. The Bertz CT molecular complexity index is 403. The third-order valence-corrected chi connectivity index (χ3v) is 3.42. The van der Waals surface area contributed by atoms with E-state index < -0.39 is 21.9 Å². The molecule has 0 aliphatic carbocycles. The summed E-state index contributed by atoms with van der Waals surface area (Å²) in [4.78, 5) is 0. The van der Waals surface area contributed by atoms with Gasteiger partial charge in [-0.05, 0) is 32.9 Å². The highest BCUT2D eigenvalue weighted by Crippen LogP contribution is 2.18. The first kappa shape index (κ1) is 13.5. The summed E-state index contributed by atoms with van der Waals surface area (Å²) in [5.74, 6) is -0.507. The van der Waals surface area contributed by atoms with E-state index in [1.807, 2.05) is 20.8 Å². The fourth-order valence-corrected chi connectivity index (χ4v) is 1.51. The highest BCUT2D eigenvalue weighted by Gasteiger charge is 2.25. The maximum absolute atomic E-state index is 13.1. The van der Waals surface area contributed by atoms with Crippen molar-refractivity contribution in [2.45, 2.75) is 25.5 Å². The van der Waals surface area contributed by atoms with Crippen LogP contribution in [0.2, 0.25) is 5.02 Å². The monoisotopic (exact) mass is 261 g/mol. The van der Waals surface area contributed by atoms with Crippen molar-refractivity contribution in [1.29, 1.82) is 0 Å². The van der Waals surface area contributed by atoms with Gasteiger partial charge in [0.05, 0.1) is 11.2 Å². The predicted molar refractivity (Wildman–Crippen MR) is 66.9 cm³/mol. The molecule has 0 saturated carbocycles. The molecule has 0 aliphatic rings. The Kier molecular flexibility index (Phi) is 4.35. The van der Waals surface area contributed by atoms with Crippen molar-refractivity contribution in [3.8, 4) is 0 Å². The molecule has 1 aromatic rings. The van der Waals surface area contributed by atoms with Gasteiger partial charge in [0, 0.05) is 5.56 Å². The van der Waals surface area contributed by atoms with Crippen molar-refractivity contribution >= 4 is 29.2 Å². The maximum atomic E-state index is 13.1. The van der Waals surface area contributed by atoms with Gasteiger partial charge in [0.1, 0.15) is 21.9 Å². The normalized spacial score (nSPS) is 14.4. The van der Waals surface area contributed by atoms with Crippen LogP contribution in [-0.2, 0) is 11.4 Å². The second-order valence-electron chi connectivity index (χ2n) is 4.27. The van der Waals surface area contributed by atoms with Crippen molar-refractivity contribution in [2.75, 3.05) is 0 Å². The van der Waals surface area contributed by atoms with Gasteiger partial charge in [0.25, 0.3) is 0 Å². The first-order chi connectivity index (χ1) is 7.30. The van der Waals surface area contributed by atoms with Gasteiger partial charge in [-0.25, -0.2) is 4.39 Å². The predicted octanol–water partition coefficient (Wildman–Crippen LogP) is 3.36. The minimum Gasteiger partial charge on any atom is -0.591 e. The average Bonchev–Trinajstić information content (AvgIpc) is 2.18. The van der Waals surface area contributed by atoms with E-state index in [-0.39, 0.29) is 5.02 Å². The summed E-state index contributed by atoms with van der Waals surface area (Å²) < 4.78 is 28.1. The van der Waals surface area contributed by atoms with Crippen LogP contribution in [0.25, 0.3) is 0 Å². The highest BCUT2D eigenvalue weighted by atomic mass is 35.5. The van der Waals surface area contributed by atoms with Crippen LogP contribution in [0.1, 0.15) is 26.3 Å². The lowest BCUT2D eigenvalue weighted by atomic mass is 10.2. The lowest BCUT2D eigenvalue weighted by Crippen LogP contribution is -2.25. The molecule has 0 aromatic heterocycles. The third kappa shape index (κ3) is 3.77. The molecule has 1 rings (SSSR count). The van der Waals surface area contributed by atoms with Crippen molar-refractivity contribution < 1.29 is 8.94 Å². The molecule has 0 spiro atoms. The molecule has 0 bridgehead atoms. The molecule has 0 N–H and O–H groups in total. The molecule has 0 fully saturated rings. The molecular formula is C11H13ClFNOS. The largest absolute Gasteiger partial charge is 0.591 e. The van der Waals surface area contributed by atoms with Crippen LogP contribution >= 0.6 is 11.6 Å². The smallest absolute Gasteiger partial charge is 0.144 e. The van der Waals surface area contributed by atoms with E-state index in [4.69, 9.17) is 11.6 Å². The van der Waals surface area contributed by atoms with Gasteiger partial charge in [0.15, 0.2) is 0 Å². The van der Waals surface area contributed by atoms with Gasteiger partial charge >= 0.3 is 0 Å². The van der Waals surface area contributed by atoms with Gasteiger partial charge in [0.2, 0.25) is 0 Å². The Balaban J connectivity index is 2.81. The first-order valence-electron chi connectivity index (χ1n) is 4.72. The van der Waals surface area contributed by atoms with Crippen molar-refractivity contribution in [2.24, 2.45) is 4.40 Å². The fourth-order valence-electron chi connectivity index (χ4n) is 0.860. The highest BCUT2D eigenvalue weighted by molar-refractivity contribution is 7.91. The van der Waals surface area contributed by atoms with E-state index in [0.717, 1.165) is 0 Å². The number of benzene rings is 1. The third-order valence-electron chi connectivity index (χ3n) is 1.77. The van der Waals surface area contributed by atoms with Crippen LogP contribution in [0.3, 0.4) is 0 Å². The standard InChI is InChI=1S/C11H13ClFNOS/c1-11(2,3)16(15)14-7-8-4-5-9(12)10(13)6-8/h4-7H,1-3H3. The Hall–Kier alpha value is -0.580. The molecule has 0 aliphatic heterocycles. The van der Waals surface area contributed by atoms with Gasteiger partial charge in [-0.15, -0.1) is 0 Å². The van der Waals surface area contributed by atoms with Crippen LogP contribution in [0.5, 0.6) is 0 Å². The number of hydrogen-bond acceptors (Lipinski definition) is 2. The van der Waals surface area contributed by atoms with Gasteiger partial charge < -0.3 is 4.55 Å². The molecule has 1 unspecified atom stereocenters. The number of nitrogens with zero attached hydrogens (tertiary/aromatic N) is 1. The van der Waals surface area contributed by atoms with Gasteiger partial charge in [-0.1, -0.05) is 22.1 Å². The zero-order chi connectivity index (χ0) is 12.3. The van der Waals surface area contributed by atoms with Gasteiger partial charge in [-0.2, -0.15) is 0 Å². The van der Waals surface area contributed by atoms with E-state index in [1.165, 1.54) is 18.3 Å². The molecule has 0 heterocycles. The van der Waals surface area contributed by atoms with Crippen molar-refractivity contribution in [3.63, 3.8) is 0 Å². The van der Waals surface area contributed by atoms with Gasteiger partial charge in [-0.3, -0.25) is 0 Å². The van der Waals surface area contributed by atoms with Crippen LogP contribution in [-0.4, -0.2) is 15.5 Å². The number of rotatable bonds is 2. The molecule has 5 heteroatoms. The molecular weight excluding hydrogens is 249 g/mol. The van der Waals surface area contributed by atoms with Crippen molar-refractivity contribution in [1.82, 2.24) is 0 Å². The quantitative estimate of drug-likeness (QED) is 0.594. The number of hydrogen-bond donors (Lipinski definition) is 0. The van der Waals surface area contributed by atoms with Crippen LogP contribution < -0.4 is 0 Å². The van der Waals surface area contributed by atoms with E-state index in [2.05, 4.69) is 4.40 Å². The SMILES string of the molecule is CC(C)(C)[S+]([O-])N=Cc1ccc(Cl)c(F)c1. The van der Waals surface area contributed by atoms with Crippen LogP contribution in [0, 0.1) is 5.82 Å². The summed E-state index contributed by atoms with van der Waals surface area (Å²) in [7, 11) is 0. The summed E-state index contributed by atoms with van der Waals surface area (Å²) in [6, 6.07) is 4.32. The Morgan fingerprint density at radius 3 is 2.56 bits per heavy atom. The Morgan fingerprint density at radius 2 is 2.06 bits per heavy atom. The molecule has 16 heavy (non-hydrogen) atoms. The van der Waals surface area contributed by atoms with E-state index >= 15 is 0 Å². The summed E-state index contributed by atoms with van der Waals surface area (Å²) in [6.45, 7) is 5.47. The topological polar surface area (TPSA) is 35.4 Å². The summed E-state index contributed by atoms with van der Waals surface area (Å²) in [5.41, 5.74) is 0.541. The second-order valence-corrected chi connectivity index (χ2v) is 6.61. The average molecular weight is 262 g/mol. The molecule has 0 amide bonds. The van der Waals surface area contributed by atoms with Crippen molar-refractivity contribution in [3.05, 3.63) is 34.6 Å². The Morgan fingerprint density at radius 1 is 1.44 bits per heavy atom. The molecule has 1 atom stereocenters. The molecule has 0 radical (unpaired) electrons. The lowest BCUT2D eigenvalue weighted by Gasteiger charge is -2.17. The zero-order valence-corrected chi connectivity index (χ0v) is 10.9. The fraction of sp³-hybridized carbons (Fsp3) is 0.364. The summed E-state index contributed by atoms with van der Waals surface area (Å²) in [6.07, 6.45) is 1.39.